The third kappa shape index (κ3) is 1.95. The molecule has 0 aromatic rings. The van der Waals surface area contributed by atoms with Gasteiger partial charge in [-0.1, -0.05) is 0 Å². The molecule has 1 saturated carbocycles. The van der Waals surface area contributed by atoms with Crippen LogP contribution in [0, 0.1) is 5.41 Å². The summed E-state index contributed by atoms with van der Waals surface area (Å²) in [6.07, 6.45) is 4.36. The van der Waals surface area contributed by atoms with Crippen LogP contribution in [-0.4, -0.2) is 35.5 Å². The number of likely N-dealkylation sites (tertiary alicyclic amines) is 1. The van der Waals surface area contributed by atoms with Crippen LogP contribution < -0.4 is 5.73 Å². The summed E-state index contributed by atoms with van der Waals surface area (Å²) in [4.78, 5) is 26.1. The van der Waals surface area contributed by atoms with Gasteiger partial charge in [0.15, 0.2) is 0 Å². The maximum Gasteiger partial charge on any atom is 0.336 e. The first-order chi connectivity index (χ1) is 9.35. The molecule has 3 rings (SSSR count). The number of hydrogen-bond acceptors (Lipinski definition) is 4. The van der Waals surface area contributed by atoms with Crippen molar-refractivity contribution in [2.24, 2.45) is 11.1 Å². The largest absolute Gasteiger partial charge is 0.456 e. The minimum atomic E-state index is -0.299. The minimum Gasteiger partial charge on any atom is -0.456 e. The van der Waals surface area contributed by atoms with Crippen molar-refractivity contribution in [3.8, 4) is 0 Å². The van der Waals surface area contributed by atoms with E-state index in [0.717, 1.165) is 37.8 Å². The molecular weight excluding hydrogens is 256 g/mol. The van der Waals surface area contributed by atoms with Crippen LogP contribution in [0.15, 0.2) is 11.3 Å². The van der Waals surface area contributed by atoms with Crippen molar-refractivity contribution in [2.75, 3.05) is 13.2 Å². The van der Waals surface area contributed by atoms with Gasteiger partial charge >= 0.3 is 5.97 Å². The summed E-state index contributed by atoms with van der Waals surface area (Å²) in [5.41, 5.74) is 7.12. The van der Waals surface area contributed by atoms with Crippen molar-refractivity contribution in [2.45, 2.75) is 51.5 Å². The number of ether oxygens (including phenoxy) is 1. The summed E-state index contributed by atoms with van der Waals surface area (Å²) in [6, 6.07) is 0. The van der Waals surface area contributed by atoms with Crippen LogP contribution in [0.2, 0.25) is 0 Å². The molecular formula is C15H22N2O3. The fourth-order valence-corrected chi connectivity index (χ4v) is 3.59. The molecule has 0 unspecified atom stereocenters. The van der Waals surface area contributed by atoms with Gasteiger partial charge in [-0.15, -0.1) is 0 Å². The second-order valence-electron chi connectivity index (χ2n) is 6.79. The number of hydrogen-bond donors (Lipinski definition) is 1. The van der Waals surface area contributed by atoms with Crippen molar-refractivity contribution < 1.29 is 14.3 Å². The lowest BCUT2D eigenvalue weighted by Gasteiger charge is -2.39. The average molecular weight is 278 g/mol. The third-order valence-electron chi connectivity index (χ3n) is 5.27. The Kier molecular flexibility index (Phi) is 2.94. The van der Waals surface area contributed by atoms with Gasteiger partial charge in [0.05, 0.1) is 16.7 Å². The molecule has 1 spiro atoms. The van der Waals surface area contributed by atoms with E-state index in [1.165, 1.54) is 0 Å². The van der Waals surface area contributed by atoms with Crippen molar-refractivity contribution in [1.29, 1.82) is 0 Å². The second-order valence-corrected chi connectivity index (χ2v) is 6.79. The van der Waals surface area contributed by atoms with Gasteiger partial charge < -0.3 is 15.4 Å². The maximum absolute atomic E-state index is 12.8. The highest BCUT2D eigenvalue weighted by molar-refractivity contribution is 5.94. The Labute approximate surface area is 119 Å². The number of carbonyl (C=O) groups excluding carboxylic acids is 2. The minimum absolute atomic E-state index is 0.138. The number of nitrogens with two attached hydrogens (primary N) is 1. The van der Waals surface area contributed by atoms with E-state index >= 15 is 0 Å². The third-order valence-corrected chi connectivity index (χ3v) is 5.27. The molecule has 1 aliphatic carbocycles. The van der Waals surface area contributed by atoms with Crippen LogP contribution in [0.25, 0.3) is 0 Å². The summed E-state index contributed by atoms with van der Waals surface area (Å²) >= 11 is 0. The van der Waals surface area contributed by atoms with Gasteiger partial charge in [0.1, 0.15) is 6.61 Å². The molecule has 2 N–H and O–H groups in total. The molecule has 2 fully saturated rings. The van der Waals surface area contributed by atoms with Crippen LogP contribution >= 0.6 is 0 Å². The van der Waals surface area contributed by atoms with E-state index in [2.05, 4.69) is 6.92 Å². The number of carbonyl (C=O) groups is 2. The Morgan fingerprint density at radius 2 is 1.80 bits per heavy atom. The van der Waals surface area contributed by atoms with E-state index in [-0.39, 0.29) is 29.4 Å². The first-order valence-corrected chi connectivity index (χ1v) is 7.32. The zero-order valence-corrected chi connectivity index (χ0v) is 12.2. The van der Waals surface area contributed by atoms with Gasteiger partial charge in [-0.25, -0.2) is 4.79 Å². The van der Waals surface area contributed by atoms with Crippen molar-refractivity contribution in [1.82, 2.24) is 4.90 Å². The number of amides is 1. The molecule has 3 aliphatic rings. The Hall–Kier alpha value is -1.36. The number of esters is 1. The monoisotopic (exact) mass is 278 g/mol. The van der Waals surface area contributed by atoms with E-state index in [1.54, 1.807) is 11.8 Å². The van der Waals surface area contributed by atoms with Gasteiger partial charge in [-0.05, 0) is 46.0 Å². The molecule has 2 aliphatic heterocycles. The molecule has 0 aromatic carbocycles. The summed E-state index contributed by atoms with van der Waals surface area (Å²) in [6.45, 7) is 4.73. The molecule has 1 amide bonds. The van der Waals surface area contributed by atoms with E-state index in [0.29, 0.717) is 12.1 Å². The Morgan fingerprint density at radius 3 is 2.35 bits per heavy atom. The molecule has 0 aromatic heterocycles. The quantitative estimate of drug-likeness (QED) is 0.734. The van der Waals surface area contributed by atoms with Gasteiger partial charge in [0.2, 0.25) is 5.91 Å². The van der Waals surface area contributed by atoms with Crippen LogP contribution in [0.1, 0.15) is 46.0 Å². The standard InChI is InChI=1S/C15H22N2O3/c1-10-11(9-20-12(10)18)17-8-7-15(13(17)19)5-3-14(2,16)4-6-15/h3-9,16H2,1-2H3/t14-,15-. The normalized spacial score (nSPS) is 38.0. The molecule has 0 radical (unpaired) electrons. The fraction of sp³-hybridized carbons (Fsp3) is 0.733. The van der Waals surface area contributed by atoms with Gasteiger partial charge in [-0.3, -0.25) is 4.79 Å². The smallest absolute Gasteiger partial charge is 0.336 e. The molecule has 5 heteroatoms. The highest BCUT2D eigenvalue weighted by Gasteiger charge is 2.51. The summed E-state index contributed by atoms with van der Waals surface area (Å²) in [7, 11) is 0. The van der Waals surface area contributed by atoms with Crippen molar-refractivity contribution in [3.05, 3.63) is 11.3 Å². The van der Waals surface area contributed by atoms with E-state index < -0.39 is 0 Å². The van der Waals surface area contributed by atoms with E-state index in [9.17, 15) is 9.59 Å². The number of cyclic esters (lactones) is 1. The van der Waals surface area contributed by atoms with Crippen LogP contribution in [-0.2, 0) is 14.3 Å². The van der Waals surface area contributed by atoms with E-state index in [1.807, 2.05) is 0 Å². The molecule has 20 heavy (non-hydrogen) atoms. The first-order valence-electron chi connectivity index (χ1n) is 7.32. The second kappa shape index (κ2) is 4.32. The Bertz CT molecular complexity index is 497. The average Bonchev–Trinajstić information content (AvgIpc) is 2.88. The predicted molar refractivity (Wildman–Crippen MR) is 73.5 cm³/mol. The highest BCUT2D eigenvalue weighted by Crippen LogP contribution is 2.48. The highest BCUT2D eigenvalue weighted by atomic mass is 16.5. The topological polar surface area (TPSA) is 72.6 Å². The Morgan fingerprint density at radius 1 is 1.15 bits per heavy atom. The molecule has 1 saturated heterocycles. The fourth-order valence-electron chi connectivity index (χ4n) is 3.59. The molecule has 5 nitrogen and oxygen atoms in total. The number of rotatable bonds is 1. The summed E-state index contributed by atoms with van der Waals surface area (Å²) in [5, 5.41) is 0. The zero-order chi connectivity index (χ0) is 14.5. The van der Waals surface area contributed by atoms with Crippen LogP contribution in [0.3, 0.4) is 0 Å². The zero-order valence-electron chi connectivity index (χ0n) is 12.2. The van der Waals surface area contributed by atoms with Gasteiger partial charge in [0, 0.05) is 12.1 Å². The SMILES string of the molecule is CC1=C(N2CC[C@]3(CC[C@@](C)(N)CC3)C2=O)COC1=O. The first kappa shape index (κ1) is 13.6. The van der Waals surface area contributed by atoms with Gasteiger partial charge in [0.25, 0.3) is 0 Å². The van der Waals surface area contributed by atoms with Crippen LogP contribution in [0.5, 0.6) is 0 Å². The summed E-state index contributed by atoms with van der Waals surface area (Å²) in [5.74, 6) is -0.132. The lowest BCUT2D eigenvalue weighted by atomic mass is 9.67. The molecule has 0 bridgehead atoms. The van der Waals surface area contributed by atoms with Crippen molar-refractivity contribution in [3.63, 3.8) is 0 Å². The van der Waals surface area contributed by atoms with E-state index in [4.69, 9.17) is 10.5 Å². The molecule has 110 valence electrons. The lowest BCUT2D eigenvalue weighted by molar-refractivity contribution is -0.138. The maximum atomic E-state index is 12.8. The van der Waals surface area contributed by atoms with Crippen LogP contribution in [0.4, 0.5) is 0 Å². The Balaban J connectivity index is 1.80. The number of nitrogens with zero attached hydrogens (tertiary/aromatic N) is 1. The predicted octanol–water partition coefficient (Wildman–Crippen LogP) is 1.33. The lowest BCUT2D eigenvalue weighted by Crippen LogP contribution is -2.46. The summed E-state index contributed by atoms with van der Waals surface area (Å²) < 4.78 is 5.02. The molecule has 2 heterocycles. The molecule has 0 atom stereocenters. The van der Waals surface area contributed by atoms with Gasteiger partial charge in [-0.2, -0.15) is 0 Å². The van der Waals surface area contributed by atoms with Crippen molar-refractivity contribution >= 4 is 11.9 Å².